The molecule has 124 valence electrons. The Morgan fingerprint density at radius 1 is 1.29 bits per heavy atom. The van der Waals surface area contributed by atoms with Crippen molar-refractivity contribution in [2.24, 2.45) is 0 Å². The number of carbonyl (C=O) groups is 1. The Hall–Kier alpha value is -2.96. The minimum absolute atomic E-state index is 0.312. The molecule has 0 bridgehead atoms. The Labute approximate surface area is 137 Å². The summed E-state index contributed by atoms with van der Waals surface area (Å²) in [6.45, 7) is 0. The van der Waals surface area contributed by atoms with E-state index in [9.17, 15) is 19.3 Å². The topological polar surface area (TPSA) is 81.5 Å². The van der Waals surface area contributed by atoms with E-state index in [1.54, 1.807) is 12.1 Å². The number of nitrogens with one attached hydrogen (secondary N) is 1. The van der Waals surface area contributed by atoms with E-state index in [1.165, 1.54) is 13.2 Å². The van der Waals surface area contributed by atoms with Gasteiger partial charge < -0.3 is 10.1 Å². The van der Waals surface area contributed by atoms with Crippen LogP contribution < -0.4 is 5.32 Å². The maximum Gasteiger partial charge on any atom is 0.339 e. The van der Waals surface area contributed by atoms with E-state index in [0.29, 0.717) is 22.9 Å². The molecule has 24 heavy (non-hydrogen) atoms. The van der Waals surface area contributed by atoms with Gasteiger partial charge in [-0.3, -0.25) is 10.1 Å². The molecular formula is C17H15FN2O4. The normalized spacial score (nSPS) is 13.4. The fraction of sp³-hybridized carbons (Fsp3) is 0.235. The highest BCUT2D eigenvalue weighted by Gasteiger charge is 2.25. The number of hydrogen-bond acceptors (Lipinski definition) is 5. The molecule has 2 aromatic rings. The number of ether oxygens (including phenoxy) is 1. The fourth-order valence-corrected chi connectivity index (χ4v) is 2.51. The summed E-state index contributed by atoms with van der Waals surface area (Å²) in [5.41, 5.74) is 1.54. The minimum atomic E-state index is -0.914. The van der Waals surface area contributed by atoms with Crippen LogP contribution in [0.4, 0.5) is 21.5 Å². The third-order valence-corrected chi connectivity index (χ3v) is 3.92. The molecule has 0 radical (unpaired) electrons. The summed E-state index contributed by atoms with van der Waals surface area (Å²) in [5, 5.41) is 13.8. The molecule has 0 aromatic heterocycles. The average Bonchev–Trinajstić information content (AvgIpc) is 3.41. The zero-order valence-corrected chi connectivity index (χ0v) is 12.9. The summed E-state index contributed by atoms with van der Waals surface area (Å²) in [6, 6.07) is 8.88. The van der Waals surface area contributed by atoms with Crippen molar-refractivity contribution < 1.29 is 18.8 Å². The number of hydrogen-bond donors (Lipinski definition) is 1. The molecule has 0 spiro atoms. The zero-order chi connectivity index (χ0) is 17.3. The van der Waals surface area contributed by atoms with Crippen molar-refractivity contribution in [3.63, 3.8) is 0 Å². The smallest absolute Gasteiger partial charge is 0.339 e. The van der Waals surface area contributed by atoms with Crippen molar-refractivity contribution in [1.29, 1.82) is 0 Å². The lowest BCUT2D eigenvalue weighted by Gasteiger charge is -2.12. The lowest BCUT2D eigenvalue weighted by atomic mass is 10.0. The van der Waals surface area contributed by atoms with Gasteiger partial charge in [-0.2, -0.15) is 4.39 Å². The molecule has 0 heterocycles. The number of halogens is 1. The maximum absolute atomic E-state index is 13.4. The predicted octanol–water partition coefficient (Wildman–Crippen LogP) is 4.14. The van der Waals surface area contributed by atoms with E-state index >= 15 is 0 Å². The standard InChI is InChI=1S/C17H15FN2O4/c1-24-17(21)13-8-11(10-2-3-10)4-7-15(13)19-12-5-6-14(18)16(9-12)20(22)23/h4-10,19H,2-3H2,1H3. The van der Waals surface area contributed by atoms with E-state index in [0.717, 1.165) is 30.5 Å². The molecule has 0 atom stereocenters. The van der Waals surface area contributed by atoms with Crippen LogP contribution in [0.25, 0.3) is 0 Å². The number of esters is 1. The second kappa shape index (κ2) is 6.27. The van der Waals surface area contributed by atoms with Crippen LogP contribution in [-0.2, 0) is 4.74 Å². The summed E-state index contributed by atoms with van der Waals surface area (Å²) in [7, 11) is 1.29. The number of nitro groups is 1. The Morgan fingerprint density at radius 2 is 2.04 bits per heavy atom. The number of anilines is 2. The van der Waals surface area contributed by atoms with Crippen molar-refractivity contribution in [2.75, 3.05) is 12.4 Å². The van der Waals surface area contributed by atoms with Crippen molar-refractivity contribution in [3.8, 4) is 0 Å². The van der Waals surface area contributed by atoms with Crippen LogP contribution in [0.5, 0.6) is 0 Å². The molecular weight excluding hydrogens is 315 g/mol. The minimum Gasteiger partial charge on any atom is -0.465 e. The first-order chi connectivity index (χ1) is 11.5. The number of methoxy groups -OCH3 is 1. The van der Waals surface area contributed by atoms with Gasteiger partial charge in [-0.15, -0.1) is 0 Å². The van der Waals surface area contributed by atoms with Crippen LogP contribution in [0, 0.1) is 15.9 Å². The summed E-state index contributed by atoms with van der Waals surface area (Å²) in [4.78, 5) is 22.1. The molecule has 3 rings (SSSR count). The van der Waals surface area contributed by atoms with E-state index in [2.05, 4.69) is 5.32 Å². The van der Waals surface area contributed by atoms with Gasteiger partial charge >= 0.3 is 11.7 Å². The highest BCUT2D eigenvalue weighted by molar-refractivity contribution is 5.96. The quantitative estimate of drug-likeness (QED) is 0.506. The van der Waals surface area contributed by atoms with Gasteiger partial charge in [-0.05, 0) is 48.6 Å². The largest absolute Gasteiger partial charge is 0.465 e. The van der Waals surface area contributed by atoms with Gasteiger partial charge in [0, 0.05) is 11.8 Å². The van der Waals surface area contributed by atoms with Crippen LogP contribution in [0.1, 0.15) is 34.7 Å². The highest BCUT2D eigenvalue weighted by atomic mass is 19.1. The molecule has 0 saturated heterocycles. The van der Waals surface area contributed by atoms with Crippen LogP contribution in [0.3, 0.4) is 0 Å². The molecule has 2 aromatic carbocycles. The van der Waals surface area contributed by atoms with Crippen LogP contribution in [-0.4, -0.2) is 18.0 Å². The van der Waals surface area contributed by atoms with Crippen LogP contribution in [0.2, 0.25) is 0 Å². The van der Waals surface area contributed by atoms with Crippen LogP contribution >= 0.6 is 0 Å². The summed E-state index contributed by atoms with van der Waals surface area (Å²) >= 11 is 0. The second-order valence-electron chi connectivity index (χ2n) is 5.62. The lowest BCUT2D eigenvalue weighted by Crippen LogP contribution is -2.07. The van der Waals surface area contributed by atoms with Gasteiger partial charge in [0.2, 0.25) is 5.82 Å². The van der Waals surface area contributed by atoms with E-state index in [-0.39, 0.29) is 0 Å². The van der Waals surface area contributed by atoms with Crippen molar-refractivity contribution in [3.05, 3.63) is 63.5 Å². The number of carbonyl (C=O) groups excluding carboxylic acids is 1. The monoisotopic (exact) mass is 330 g/mol. The maximum atomic E-state index is 13.4. The predicted molar refractivity (Wildman–Crippen MR) is 86.1 cm³/mol. The number of nitrogens with zero attached hydrogens (tertiary/aromatic N) is 1. The third-order valence-electron chi connectivity index (χ3n) is 3.92. The highest BCUT2D eigenvalue weighted by Crippen LogP contribution is 2.41. The SMILES string of the molecule is COC(=O)c1cc(C2CC2)ccc1Nc1ccc(F)c([N+](=O)[O-])c1. The molecule has 1 aliphatic carbocycles. The molecule has 1 aliphatic rings. The molecule has 0 amide bonds. The van der Waals surface area contributed by atoms with Crippen molar-refractivity contribution in [1.82, 2.24) is 0 Å². The van der Waals surface area contributed by atoms with E-state index in [1.807, 2.05) is 6.07 Å². The van der Waals surface area contributed by atoms with Gasteiger partial charge in [-0.1, -0.05) is 6.07 Å². The first-order valence-electron chi connectivity index (χ1n) is 7.43. The molecule has 7 heteroatoms. The second-order valence-corrected chi connectivity index (χ2v) is 5.62. The fourth-order valence-electron chi connectivity index (χ4n) is 2.51. The summed E-state index contributed by atoms with van der Waals surface area (Å²) in [6.07, 6.45) is 2.19. The van der Waals surface area contributed by atoms with Gasteiger partial charge in [-0.25, -0.2) is 4.79 Å². The molecule has 0 unspecified atom stereocenters. The summed E-state index contributed by atoms with van der Waals surface area (Å²) < 4.78 is 18.2. The Bertz CT molecular complexity index is 818. The zero-order valence-electron chi connectivity index (χ0n) is 12.9. The van der Waals surface area contributed by atoms with Crippen molar-refractivity contribution in [2.45, 2.75) is 18.8 Å². The third kappa shape index (κ3) is 3.19. The Morgan fingerprint density at radius 3 is 2.67 bits per heavy atom. The van der Waals surface area contributed by atoms with E-state index in [4.69, 9.17) is 4.74 Å². The molecule has 6 nitrogen and oxygen atoms in total. The number of benzene rings is 2. The van der Waals surface area contributed by atoms with Crippen LogP contribution in [0.15, 0.2) is 36.4 Å². The Kier molecular flexibility index (Phi) is 4.16. The average molecular weight is 330 g/mol. The lowest BCUT2D eigenvalue weighted by molar-refractivity contribution is -0.387. The van der Waals surface area contributed by atoms with Gasteiger partial charge in [0.1, 0.15) is 0 Å². The molecule has 1 saturated carbocycles. The van der Waals surface area contributed by atoms with Gasteiger partial charge in [0.15, 0.2) is 0 Å². The number of nitro benzene ring substituents is 1. The molecule has 0 aliphatic heterocycles. The first kappa shape index (κ1) is 15.9. The molecule has 1 fully saturated rings. The molecule has 1 N–H and O–H groups in total. The Balaban J connectivity index is 1.95. The van der Waals surface area contributed by atoms with Crippen molar-refractivity contribution >= 4 is 23.0 Å². The van der Waals surface area contributed by atoms with Gasteiger partial charge in [0.25, 0.3) is 0 Å². The van der Waals surface area contributed by atoms with Gasteiger partial charge in [0.05, 0.1) is 23.3 Å². The van der Waals surface area contributed by atoms with E-state index < -0.39 is 22.4 Å². The summed E-state index contributed by atoms with van der Waals surface area (Å²) in [5.74, 6) is -0.950. The number of rotatable bonds is 5. The first-order valence-corrected chi connectivity index (χ1v) is 7.43.